The second-order valence-electron chi connectivity index (χ2n) is 4.90. The number of rotatable bonds is 2. The molecule has 0 atom stereocenters. The maximum absolute atomic E-state index is 11.8. The summed E-state index contributed by atoms with van der Waals surface area (Å²) >= 11 is 0. The Morgan fingerprint density at radius 1 is 1.10 bits per heavy atom. The van der Waals surface area contributed by atoms with Crippen LogP contribution < -0.4 is 4.74 Å². The zero-order valence-corrected chi connectivity index (χ0v) is 11.8. The molecule has 0 saturated carbocycles. The van der Waals surface area contributed by atoms with E-state index in [2.05, 4.69) is 0 Å². The Morgan fingerprint density at radius 2 is 1.62 bits per heavy atom. The van der Waals surface area contributed by atoms with Crippen molar-refractivity contribution < 1.29 is 28.6 Å². The van der Waals surface area contributed by atoms with Crippen LogP contribution in [0.25, 0.3) is 6.08 Å². The first-order chi connectivity index (χ1) is 9.77. The Kier molecular flexibility index (Phi) is 3.80. The fourth-order valence-corrected chi connectivity index (χ4v) is 1.74. The molecular weight excluding hydrogens is 276 g/mol. The lowest BCUT2D eigenvalue weighted by molar-refractivity contribution is -0.222. The average molecular weight is 290 g/mol. The van der Waals surface area contributed by atoms with Crippen molar-refractivity contribution in [3.05, 3.63) is 35.4 Å². The molecule has 0 amide bonds. The van der Waals surface area contributed by atoms with Crippen LogP contribution in [0.1, 0.15) is 26.3 Å². The number of ether oxygens (including phenoxy) is 3. The summed E-state index contributed by atoms with van der Waals surface area (Å²) in [6.07, 6.45) is 1.36. The minimum Gasteiger partial charge on any atom is -0.427 e. The molecule has 1 aliphatic rings. The molecule has 2 rings (SSSR count). The molecule has 1 aromatic carbocycles. The molecule has 0 N–H and O–H groups in total. The molecule has 0 unspecified atom stereocenters. The van der Waals surface area contributed by atoms with E-state index in [1.54, 1.807) is 24.3 Å². The Bertz CT molecular complexity index is 602. The van der Waals surface area contributed by atoms with Gasteiger partial charge in [-0.25, -0.2) is 9.59 Å². The molecule has 1 saturated heterocycles. The predicted octanol–water partition coefficient (Wildman–Crippen LogP) is 1.83. The van der Waals surface area contributed by atoms with Gasteiger partial charge in [0.25, 0.3) is 5.79 Å². The average Bonchev–Trinajstić information content (AvgIpc) is 2.34. The zero-order chi connectivity index (χ0) is 15.6. The van der Waals surface area contributed by atoms with Gasteiger partial charge in [0, 0.05) is 20.8 Å². The fourth-order valence-electron chi connectivity index (χ4n) is 1.74. The lowest BCUT2D eigenvalue weighted by Gasteiger charge is -2.29. The summed E-state index contributed by atoms with van der Waals surface area (Å²) < 4.78 is 14.9. The molecule has 110 valence electrons. The molecule has 1 heterocycles. The first-order valence-corrected chi connectivity index (χ1v) is 6.24. The first-order valence-electron chi connectivity index (χ1n) is 6.24. The Labute approximate surface area is 121 Å². The fraction of sp³-hybridized carbons (Fsp3) is 0.267. The highest BCUT2D eigenvalue weighted by Gasteiger charge is 2.38. The molecule has 1 aliphatic heterocycles. The van der Waals surface area contributed by atoms with Gasteiger partial charge in [0.15, 0.2) is 0 Å². The minimum atomic E-state index is -1.26. The number of cyclic esters (lactones) is 2. The Hall–Kier alpha value is -2.63. The number of esters is 3. The van der Waals surface area contributed by atoms with Crippen LogP contribution in [-0.4, -0.2) is 23.7 Å². The van der Waals surface area contributed by atoms with Crippen molar-refractivity contribution in [3.8, 4) is 5.75 Å². The molecular formula is C15H14O6. The first kappa shape index (κ1) is 14.8. The van der Waals surface area contributed by atoms with Crippen molar-refractivity contribution in [1.82, 2.24) is 0 Å². The third-order valence-electron chi connectivity index (χ3n) is 2.57. The number of carbonyl (C=O) groups is 3. The minimum absolute atomic E-state index is 0.186. The lowest BCUT2D eigenvalue weighted by atomic mass is 10.1. The zero-order valence-electron chi connectivity index (χ0n) is 11.8. The van der Waals surface area contributed by atoms with E-state index in [0.717, 1.165) is 0 Å². The number of hydrogen-bond donors (Lipinski definition) is 0. The molecule has 21 heavy (non-hydrogen) atoms. The summed E-state index contributed by atoms with van der Waals surface area (Å²) in [5, 5.41) is 0. The van der Waals surface area contributed by atoms with Crippen molar-refractivity contribution in [1.29, 1.82) is 0 Å². The second kappa shape index (κ2) is 5.40. The van der Waals surface area contributed by atoms with E-state index in [0.29, 0.717) is 11.3 Å². The maximum Gasteiger partial charge on any atom is 0.348 e. The SMILES string of the molecule is CC(=O)Oc1ccc(C=C2C(=O)OC(C)(C)OC2=O)cc1. The van der Waals surface area contributed by atoms with Gasteiger partial charge in [0.2, 0.25) is 0 Å². The van der Waals surface area contributed by atoms with Crippen molar-refractivity contribution in [2.45, 2.75) is 26.6 Å². The van der Waals surface area contributed by atoms with Gasteiger partial charge in [-0.2, -0.15) is 0 Å². The van der Waals surface area contributed by atoms with Gasteiger partial charge in [-0.3, -0.25) is 4.79 Å². The van der Waals surface area contributed by atoms with Crippen LogP contribution in [0.3, 0.4) is 0 Å². The van der Waals surface area contributed by atoms with E-state index in [9.17, 15) is 14.4 Å². The second-order valence-corrected chi connectivity index (χ2v) is 4.90. The molecule has 0 spiro atoms. The van der Waals surface area contributed by atoms with Crippen molar-refractivity contribution >= 4 is 24.0 Å². The van der Waals surface area contributed by atoms with E-state index in [1.165, 1.54) is 26.8 Å². The van der Waals surface area contributed by atoms with Gasteiger partial charge in [0.1, 0.15) is 11.3 Å². The summed E-state index contributed by atoms with van der Waals surface area (Å²) in [6, 6.07) is 6.31. The van der Waals surface area contributed by atoms with Crippen LogP contribution in [0.4, 0.5) is 0 Å². The topological polar surface area (TPSA) is 78.9 Å². The van der Waals surface area contributed by atoms with Gasteiger partial charge in [-0.1, -0.05) is 12.1 Å². The lowest BCUT2D eigenvalue weighted by Crippen LogP contribution is -2.41. The third-order valence-corrected chi connectivity index (χ3v) is 2.57. The molecule has 1 aromatic rings. The van der Waals surface area contributed by atoms with E-state index >= 15 is 0 Å². The molecule has 0 bridgehead atoms. The summed E-state index contributed by atoms with van der Waals surface area (Å²) in [4.78, 5) is 34.4. The highest BCUT2D eigenvalue weighted by molar-refractivity contribution is 6.18. The Morgan fingerprint density at radius 3 is 2.10 bits per heavy atom. The summed E-state index contributed by atoms with van der Waals surface area (Å²) in [6.45, 7) is 4.26. The van der Waals surface area contributed by atoms with Crippen LogP contribution in [0, 0.1) is 0 Å². The van der Waals surface area contributed by atoms with Crippen molar-refractivity contribution in [2.75, 3.05) is 0 Å². The predicted molar refractivity (Wildman–Crippen MR) is 72.0 cm³/mol. The molecule has 1 fully saturated rings. The Balaban J connectivity index is 2.21. The summed E-state index contributed by atoms with van der Waals surface area (Å²) in [7, 11) is 0. The number of carbonyl (C=O) groups excluding carboxylic acids is 3. The van der Waals surface area contributed by atoms with Crippen LogP contribution in [0.15, 0.2) is 29.8 Å². The van der Waals surface area contributed by atoms with Gasteiger partial charge < -0.3 is 14.2 Å². The molecule has 0 radical (unpaired) electrons. The van der Waals surface area contributed by atoms with E-state index < -0.39 is 23.7 Å². The smallest absolute Gasteiger partial charge is 0.348 e. The van der Waals surface area contributed by atoms with Crippen LogP contribution >= 0.6 is 0 Å². The molecule has 6 heteroatoms. The van der Waals surface area contributed by atoms with E-state index in [-0.39, 0.29) is 5.57 Å². The summed E-state index contributed by atoms with van der Waals surface area (Å²) in [5.41, 5.74) is 0.393. The molecule has 0 aliphatic carbocycles. The maximum atomic E-state index is 11.8. The highest BCUT2D eigenvalue weighted by Crippen LogP contribution is 2.24. The third kappa shape index (κ3) is 3.68. The van der Waals surface area contributed by atoms with Gasteiger partial charge >= 0.3 is 17.9 Å². The number of benzene rings is 1. The van der Waals surface area contributed by atoms with Gasteiger partial charge in [-0.15, -0.1) is 0 Å². The van der Waals surface area contributed by atoms with E-state index in [4.69, 9.17) is 14.2 Å². The molecule has 0 aromatic heterocycles. The van der Waals surface area contributed by atoms with Crippen LogP contribution in [-0.2, 0) is 23.9 Å². The van der Waals surface area contributed by atoms with Crippen molar-refractivity contribution in [3.63, 3.8) is 0 Å². The normalized spacial score (nSPS) is 16.8. The quantitative estimate of drug-likeness (QED) is 0.358. The van der Waals surface area contributed by atoms with Gasteiger partial charge in [-0.05, 0) is 23.8 Å². The summed E-state index contributed by atoms with van der Waals surface area (Å²) in [5.74, 6) is -2.78. The standard InChI is InChI=1S/C15H14O6/c1-9(16)19-11-6-4-10(5-7-11)8-12-13(17)20-15(2,3)21-14(12)18/h4-8H,1-3H3. The van der Waals surface area contributed by atoms with Crippen molar-refractivity contribution in [2.24, 2.45) is 0 Å². The van der Waals surface area contributed by atoms with Crippen LogP contribution in [0.5, 0.6) is 5.75 Å². The molecule has 6 nitrogen and oxygen atoms in total. The largest absolute Gasteiger partial charge is 0.427 e. The van der Waals surface area contributed by atoms with Gasteiger partial charge in [0.05, 0.1) is 0 Å². The monoisotopic (exact) mass is 290 g/mol. The number of hydrogen-bond acceptors (Lipinski definition) is 6. The highest BCUT2D eigenvalue weighted by atomic mass is 16.7. The van der Waals surface area contributed by atoms with E-state index in [1.807, 2.05) is 0 Å². The van der Waals surface area contributed by atoms with Crippen LogP contribution in [0.2, 0.25) is 0 Å².